The van der Waals surface area contributed by atoms with Gasteiger partial charge in [-0.3, -0.25) is 9.98 Å². The van der Waals surface area contributed by atoms with Crippen molar-refractivity contribution in [1.29, 1.82) is 0 Å². The van der Waals surface area contributed by atoms with Crippen molar-refractivity contribution in [3.05, 3.63) is 108 Å². The molecule has 2 aromatic rings. The molecule has 4 rings (SSSR count). The number of hydrogen-bond donors (Lipinski definition) is 0. The van der Waals surface area contributed by atoms with Gasteiger partial charge in [-0.1, -0.05) is 153 Å². The minimum atomic E-state index is 0. The Morgan fingerprint density at radius 3 is 1.14 bits per heavy atom. The second-order valence-corrected chi connectivity index (χ2v) is 14.7. The molecule has 0 saturated heterocycles. The maximum Gasteiger partial charge on any atom is 0.0391 e. The first-order valence-electron chi connectivity index (χ1n) is 19.3. The molecule has 284 valence electrons. The van der Waals surface area contributed by atoms with Crippen molar-refractivity contribution in [2.24, 2.45) is 9.98 Å². The molecule has 0 heterocycles. The van der Waals surface area contributed by atoms with Gasteiger partial charge in [0.15, 0.2) is 0 Å². The monoisotopic (exact) mass is 861 g/mol. The number of rotatable bonds is 14. The van der Waals surface area contributed by atoms with Gasteiger partial charge in [0.2, 0.25) is 0 Å². The second kappa shape index (κ2) is 25.7. The molecule has 0 spiro atoms. The summed E-state index contributed by atoms with van der Waals surface area (Å²) in [6.45, 7) is 24.3. The van der Waals surface area contributed by atoms with E-state index in [9.17, 15) is 0 Å². The fraction of sp³-hybridized carbons (Fsp3) is 0.565. The Bertz CT molecular complexity index is 1250. The molecular weight excluding hydrogens is 787 g/mol. The van der Waals surface area contributed by atoms with E-state index in [0.717, 1.165) is 63.0 Å². The van der Waals surface area contributed by atoms with Crippen LogP contribution in [0.4, 0.5) is 11.4 Å². The Morgan fingerprint density at radius 2 is 0.863 bits per heavy atom. The van der Waals surface area contributed by atoms with Crippen LogP contribution in [0, 0.1) is 14.9 Å². The zero-order valence-electron chi connectivity index (χ0n) is 34.7. The number of aliphatic imine (C=N–C) groups is 2. The van der Waals surface area contributed by atoms with Crippen molar-refractivity contribution < 1.29 is 25.8 Å². The zero-order valence-corrected chi connectivity index (χ0v) is 38.3. The molecule has 51 heavy (non-hydrogen) atoms. The summed E-state index contributed by atoms with van der Waals surface area (Å²) in [5.74, 6) is 1.92. The first kappa shape index (κ1) is 48.7. The van der Waals surface area contributed by atoms with Crippen LogP contribution in [0.3, 0.4) is 0 Å². The minimum absolute atomic E-state index is 0. The molecule has 2 aliphatic carbocycles. The van der Waals surface area contributed by atoms with Crippen molar-refractivity contribution in [3.8, 4) is 0 Å². The van der Waals surface area contributed by atoms with Gasteiger partial charge in [0.1, 0.15) is 0 Å². The van der Waals surface area contributed by atoms with Crippen molar-refractivity contribution in [1.82, 2.24) is 0 Å². The summed E-state index contributed by atoms with van der Waals surface area (Å²) < 4.78 is 0. The molecule has 0 N–H and O–H groups in total. The van der Waals surface area contributed by atoms with Crippen LogP contribution >= 0.6 is 0 Å². The van der Waals surface area contributed by atoms with Gasteiger partial charge in [-0.15, -0.1) is 22.8 Å². The van der Waals surface area contributed by atoms with Crippen LogP contribution in [0.15, 0.2) is 69.9 Å². The number of nitrogens with zero attached hydrogens (tertiary/aromatic N) is 4. The molecule has 0 bridgehead atoms. The van der Waals surface area contributed by atoms with E-state index in [0.29, 0.717) is 23.7 Å². The molecule has 0 atom stereocenters. The molecule has 0 aromatic heterocycles. The number of hydrogen-bond acceptors (Lipinski definition) is 2. The standard InChI is InChI=1S/2C22H33N2.2CH3.Hf/c2*1-6-7-15-23-20-13-8-9-14-21(20)24-22-18(16(2)3)11-10-12-19(22)17(4)5;;;/h2*10-12,14,16-17H,6-9,13,15H2,1-5H3;2*1H3;/q4*-1;. The van der Waals surface area contributed by atoms with Gasteiger partial charge in [0.05, 0.1) is 0 Å². The van der Waals surface area contributed by atoms with E-state index in [-0.39, 0.29) is 40.7 Å². The molecule has 0 fully saturated rings. The summed E-state index contributed by atoms with van der Waals surface area (Å²) in [6.07, 6.45) is 16.1. The number of unbranched alkanes of at least 4 members (excludes halogenated alkanes) is 2. The smallest absolute Gasteiger partial charge is 0.0391 e. The predicted molar refractivity (Wildman–Crippen MR) is 226 cm³/mol. The van der Waals surface area contributed by atoms with Gasteiger partial charge in [0.25, 0.3) is 0 Å². The Kier molecular flexibility index (Phi) is 24.5. The van der Waals surface area contributed by atoms with Gasteiger partial charge in [0, 0.05) is 50.4 Å². The van der Waals surface area contributed by atoms with Crippen molar-refractivity contribution in [2.75, 3.05) is 13.1 Å². The van der Waals surface area contributed by atoms with E-state index < -0.39 is 0 Å². The number of para-hydroxylation sites is 2. The van der Waals surface area contributed by atoms with Crippen LogP contribution in [0.5, 0.6) is 0 Å². The molecule has 0 unspecified atom stereocenters. The minimum Gasteiger partial charge on any atom is -0.656 e. The van der Waals surface area contributed by atoms with Crippen LogP contribution in [0.25, 0.3) is 10.6 Å². The Balaban J connectivity index is 0.000000926. The zero-order chi connectivity index (χ0) is 35.1. The molecule has 4 nitrogen and oxygen atoms in total. The molecule has 0 radical (unpaired) electrons. The third kappa shape index (κ3) is 14.9. The van der Waals surface area contributed by atoms with E-state index in [1.165, 1.54) is 70.7 Å². The van der Waals surface area contributed by atoms with Gasteiger partial charge in [-0.25, -0.2) is 0 Å². The van der Waals surface area contributed by atoms with Gasteiger partial charge in [-0.2, -0.15) is 0 Å². The molecular formula is C46H72HfN4-4. The molecule has 2 aromatic carbocycles. The Labute approximate surface area is 334 Å². The number of benzene rings is 2. The fourth-order valence-corrected chi connectivity index (χ4v) is 6.32. The fourth-order valence-electron chi connectivity index (χ4n) is 6.32. The SMILES string of the molecule is CCCCN=C1CCCC=C1[N-]c1c(C(C)C)cccc1C(C)C.CCCCN=C1CCCC=C1[N-]c1c(C(C)C)cccc1C(C)C.[CH3-].[CH3-].[Hf]. The molecule has 5 heteroatoms. The van der Waals surface area contributed by atoms with Crippen LogP contribution in [0.1, 0.15) is 179 Å². The number of allylic oxidation sites excluding steroid dienone is 4. The summed E-state index contributed by atoms with van der Waals surface area (Å²) >= 11 is 0. The van der Waals surface area contributed by atoms with E-state index in [4.69, 9.17) is 20.6 Å². The summed E-state index contributed by atoms with van der Waals surface area (Å²) in [5, 5.41) is 10.3. The van der Waals surface area contributed by atoms with Crippen LogP contribution in [0.2, 0.25) is 0 Å². The Hall–Kier alpha value is -2.27. The van der Waals surface area contributed by atoms with E-state index in [2.05, 4.69) is 118 Å². The molecule has 2 aliphatic rings. The van der Waals surface area contributed by atoms with Gasteiger partial charge < -0.3 is 25.5 Å². The topological polar surface area (TPSA) is 52.9 Å². The molecule has 0 aliphatic heterocycles. The van der Waals surface area contributed by atoms with Gasteiger partial charge >= 0.3 is 0 Å². The van der Waals surface area contributed by atoms with Crippen LogP contribution in [-0.2, 0) is 25.8 Å². The predicted octanol–water partition coefficient (Wildman–Crippen LogP) is 15.4. The van der Waals surface area contributed by atoms with Crippen molar-refractivity contribution in [2.45, 2.75) is 157 Å². The third-order valence-corrected chi connectivity index (χ3v) is 9.28. The normalized spacial score (nSPS) is 15.8. The van der Waals surface area contributed by atoms with E-state index in [1.807, 2.05) is 0 Å². The van der Waals surface area contributed by atoms with Gasteiger partial charge in [-0.05, 0) is 75.0 Å². The summed E-state index contributed by atoms with van der Waals surface area (Å²) in [4.78, 5) is 9.71. The molecule has 0 amide bonds. The van der Waals surface area contributed by atoms with E-state index in [1.54, 1.807) is 0 Å². The third-order valence-electron chi connectivity index (χ3n) is 9.28. The quantitative estimate of drug-likeness (QED) is 0.103. The summed E-state index contributed by atoms with van der Waals surface area (Å²) in [7, 11) is 0. The molecule has 0 saturated carbocycles. The first-order chi connectivity index (χ1) is 23.1. The van der Waals surface area contributed by atoms with Crippen molar-refractivity contribution >= 4 is 22.8 Å². The van der Waals surface area contributed by atoms with Crippen molar-refractivity contribution in [3.63, 3.8) is 0 Å². The largest absolute Gasteiger partial charge is 0.656 e. The maximum absolute atomic E-state index is 5.15. The van der Waals surface area contributed by atoms with E-state index >= 15 is 0 Å². The maximum atomic E-state index is 5.15. The summed E-state index contributed by atoms with van der Waals surface area (Å²) in [5.41, 5.74) is 12.4. The Morgan fingerprint density at radius 1 is 0.549 bits per heavy atom. The summed E-state index contributed by atoms with van der Waals surface area (Å²) in [6, 6.07) is 13.3. The average molecular weight is 860 g/mol. The first-order valence-corrected chi connectivity index (χ1v) is 19.3. The van der Waals surface area contributed by atoms with Crippen LogP contribution < -0.4 is 0 Å². The average Bonchev–Trinajstić information content (AvgIpc) is 3.06. The van der Waals surface area contributed by atoms with Crippen LogP contribution in [-0.4, -0.2) is 24.5 Å². The second-order valence-electron chi connectivity index (χ2n) is 14.7.